The maximum Gasteiger partial charge on any atom is 0.266 e. The van der Waals surface area contributed by atoms with E-state index >= 15 is 0 Å². The van der Waals surface area contributed by atoms with Gasteiger partial charge in [0.25, 0.3) is 30.4 Å². The quantitative estimate of drug-likeness (QED) is 0.0409. The minimum Gasteiger partial charge on any atom is -0.488 e. The number of amides is 2. The van der Waals surface area contributed by atoms with Gasteiger partial charge in [0.15, 0.2) is 9.84 Å². The molecule has 25 nitrogen and oxygen atoms in total. The predicted octanol–water partition coefficient (Wildman–Crippen LogP) is 1.96. The second kappa shape index (κ2) is 26.3. The molecule has 2 aromatic heterocycles. The van der Waals surface area contributed by atoms with E-state index in [1.807, 2.05) is 56.4 Å². The fourth-order valence-corrected chi connectivity index (χ4v) is 10.9. The van der Waals surface area contributed by atoms with Crippen LogP contribution in [0.15, 0.2) is 82.6 Å². The Morgan fingerprint density at radius 1 is 0.766 bits per heavy atom. The number of carbonyl (C=O) groups excluding carboxylic acids is 2. The molecule has 2 amide bonds. The van der Waals surface area contributed by atoms with E-state index in [1.54, 1.807) is 16.8 Å². The van der Waals surface area contributed by atoms with Crippen LogP contribution >= 0.6 is 15.9 Å². The molecule has 5 aromatic rings. The monoisotopic (exact) mass is 1210 g/mol. The zero-order chi connectivity index (χ0) is 56.3. The number of hydrogen-bond donors (Lipinski definition) is 6. The van der Waals surface area contributed by atoms with Crippen LogP contribution in [0.2, 0.25) is 0 Å². The van der Waals surface area contributed by atoms with E-state index in [1.165, 1.54) is 23.4 Å². The number of aryl methyl sites for hydroxylation is 1. The third-order valence-corrected chi connectivity index (χ3v) is 16.2. The smallest absolute Gasteiger partial charge is 0.266 e. The minimum atomic E-state index is -4.74. The molecule has 1 aliphatic heterocycles. The summed E-state index contributed by atoms with van der Waals surface area (Å²) < 4.78 is 142. The number of halogens is 1. The van der Waals surface area contributed by atoms with Crippen molar-refractivity contribution in [3.8, 4) is 28.4 Å². The third kappa shape index (κ3) is 18.8. The number of sulfone groups is 1. The molecule has 420 valence electrons. The van der Waals surface area contributed by atoms with Crippen LogP contribution in [-0.2, 0) is 82.7 Å². The van der Waals surface area contributed by atoms with Crippen LogP contribution < -0.4 is 30.6 Å². The summed E-state index contributed by atoms with van der Waals surface area (Å²) in [5.41, 5.74) is 11.5. The summed E-state index contributed by atoms with van der Waals surface area (Å²) >= 11 is 3.54. The van der Waals surface area contributed by atoms with E-state index in [2.05, 4.69) is 46.8 Å². The van der Waals surface area contributed by atoms with Crippen LogP contribution in [0.25, 0.3) is 11.1 Å². The van der Waals surface area contributed by atoms with Gasteiger partial charge in [0.2, 0.25) is 11.8 Å². The largest absolute Gasteiger partial charge is 0.488 e. The van der Waals surface area contributed by atoms with Gasteiger partial charge in [-0.25, -0.2) is 8.42 Å². The molecule has 30 heteroatoms. The fourth-order valence-electron chi connectivity index (χ4n) is 8.16. The molecule has 0 radical (unpaired) electrons. The van der Waals surface area contributed by atoms with Gasteiger partial charge in [-0.3, -0.25) is 37.8 Å². The number of nitrogens with one attached hydrogen (secondary N) is 2. The maximum atomic E-state index is 13.0. The van der Waals surface area contributed by atoms with Gasteiger partial charge in [0, 0.05) is 88.2 Å². The standard InChI is InChI=1S/C47H60BrN9O16S4/c1-31-34(7-4-8-38(31)39-9-5-10-43(32(39)2)73-28-36-25-57(54-53-36)13-6-12-55-14-16-56(17-15-55)47(59)41(49)29-76(65,66)67)27-72-45-21-44(71-26-33-19-37(24-50-22-33)74(3,60)61)35(20-40(45)48)23-52-42(30-77(68,69)70)46(58)51-11-18-75(62,63)64/h4-5,7-10,19-22,24-25,41-42,52H,6,11-18,23,26-30,49H2,1-3H3,(H,51,58)(H,62,63,64)(H,65,66,67)(H,68,69,70)/t41-,42-/m0/s1. The highest BCUT2D eigenvalue weighted by molar-refractivity contribution is 9.10. The van der Waals surface area contributed by atoms with Gasteiger partial charge in [-0.05, 0) is 82.2 Å². The fraction of sp³-hybridized carbons (Fsp3) is 0.426. The Kier molecular flexibility index (Phi) is 20.7. The van der Waals surface area contributed by atoms with Crippen LogP contribution in [0.1, 0.15) is 39.9 Å². The molecule has 0 unspecified atom stereocenters. The number of piperazine rings is 1. The van der Waals surface area contributed by atoms with E-state index in [4.69, 9.17) is 29.0 Å². The van der Waals surface area contributed by atoms with E-state index in [9.17, 15) is 47.8 Å². The highest BCUT2D eigenvalue weighted by Gasteiger charge is 2.29. The van der Waals surface area contributed by atoms with E-state index in [-0.39, 0.29) is 37.0 Å². The molecule has 3 heterocycles. The van der Waals surface area contributed by atoms with Crippen molar-refractivity contribution in [3.05, 3.63) is 111 Å². The molecular weight excluding hydrogens is 1150 g/mol. The number of ether oxygens (including phenoxy) is 3. The van der Waals surface area contributed by atoms with Crippen LogP contribution in [0.4, 0.5) is 0 Å². The topological polar surface area (TPSA) is 359 Å². The Hall–Kier alpha value is -5.67. The van der Waals surface area contributed by atoms with Crippen molar-refractivity contribution in [2.45, 2.75) is 70.2 Å². The van der Waals surface area contributed by atoms with Crippen molar-refractivity contribution in [1.29, 1.82) is 0 Å². The average molecular weight is 1220 g/mol. The number of nitrogens with two attached hydrogens (primary N) is 1. The van der Waals surface area contributed by atoms with Crippen molar-refractivity contribution >= 4 is 67.9 Å². The van der Waals surface area contributed by atoms with Crippen LogP contribution in [-0.4, -0.2) is 164 Å². The molecular formula is C47H60BrN9O16S4. The zero-order valence-corrected chi connectivity index (χ0v) is 47.0. The van der Waals surface area contributed by atoms with Gasteiger partial charge in [0.05, 0.1) is 32.8 Å². The summed E-state index contributed by atoms with van der Waals surface area (Å²) in [5.74, 6) is -3.13. The third-order valence-electron chi connectivity index (χ3n) is 12.2. The molecule has 7 N–H and O–H groups in total. The van der Waals surface area contributed by atoms with E-state index in [0.29, 0.717) is 65.5 Å². The van der Waals surface area contributed by atoms with Gasteiger partial charge < -0.3 is 35.5 Å². The number of hydrogen-bond acceptors (Lipinski definition) is 19. The first-order valence-corrected chi connectivity index (χ1v) is 31.2. The van der Waals surface area contributed by atoms with Crippen molar-refractivity contribution in [3.63, 3.8) is 0 Å². The van der Waals surface area contributed by atoms with Crippen molar-refractivity contribution in [2.24, 2.45) is 5.73 Å². The summed E-state index contributed by atoms with van der Waals surface area (Å²) in [7, 11) is -17.2. The van der Waals surface area contributed by atoms with Crippen LogP contribution in [0.5, 0.6) is 17.2 Å². The second-order valence-corrected chi connectivity index (χ2v) is 25.6. The molecule has 1 saturated heterocycles. The Morgan fingerprint density at radius 2 is 1.43 bits per heavy atom. The van der Waals surface area contributed by atoms with Gasteiger partial charge >= 0.3 is 0 Å². The highest BCUT2D eigenvalue weighted by atomic mass is 79.9. The first kappa shape index (κ1) is 60.6. The molecule has 0 saturated carbocycles. The second-order valence-electron chi connectivity index (χ2n) is 18.2. The SMILES string of the molecule is Cc1c(COc2cc(OCc3cncc(S(C)(=O)=O)c3)c(CN[C@@H](CS(=O)(=O)O)C(=O)NCCS(=O)(=O)O)cc2Br)cccc1-c1cccc(OCc2cn(CCCN3CCN(C(=O)[C@@H](N)CS(=O)(=O)O)CC3)nn2)c1C. The van der Waals surface area contributed by atoms with Crippen LogP contribution in [0.3, 0.4) is 0 Å². The maximum absolute atomic E-state index is 13.0. The Labute approximate surface area is 455 Å². The van der Waals surface area contributed by atoms with Gasteiger partial charge in [0.1, 0.15) is 54.8 Å². The Morgan fingerprint density at radius 3 is 2.10 bits per heavy atom. The number of pyridine rings is 1. The summed E-state index contributed by atoms with van der Waals surface area (Å²) in [6.07, 6.45) is 6.23. The number of carbonyl (C=O) groups is 2. The first-order valence-electron chi connectivity index (χ1n) is 23.7. The zero-order valence-electron chi connectivity index (χ0n) is 42.1. The summed E-state index contributed by atoms with van der Waals surface area (Å²) in [4.78, 5) is 33.2. The molecule has 0 bridgehead atoms. The Balaban J connectivity index is 1.10. The van der Waals surface area contributed by atoms with E-state index in [0.717, 1.165) is 47.0 Å². The molecule has 0 spiro atoms. The number of nitrogens with zero attached hydrogens (tertiary/aromatic N) is 6. The molecule has 0 aliphatic carbocycles. The number of aromatic nitrogens is 4. The Bertz CT molecular complexity index is 3380. The van der Waals surface area contributed by atoms with Crippen molar-refractivity contribution < 1.29 is 71.1 Å². The molecule has 6 rings (SSSR count). The molecule has 77 heavy (non-hydrogen) atoms. The lowest BCUT2D eigenvalue weighted by molar-refractivity contribution is -0.133. The van der Waals surface area contributed by atoms with Crippen LogP contribution in [0, 0.1) is 13.8 Å². The van der Waals surface area contributed by atoms with Crippen molar-refractivity contribution in [1.82, 2.24) is 40.4 Å². The lowest BCUT2D eigenvalue weighted by Gasteiger charge is -2.35. The number of rotatable bonds is 27. The summed E-state index contributed by atoms with van der Waals surface area (Å²) in [6.45, 7) is 6.47. The van der Waals surface area contributed by atoms with Gasteiger partial charge in [-0.15, -0.1) is 5.10 Å². The summed E-state index contributed by atoms with van der Waals surface area (Å²) in [5, 5.41) is 13.5. The molecule has 2 atom stereocenters. The highest BCUT2D eigenvalue weighted by Crippen LogP contribution is 2.37. The normalized spacial score (nSPS) is 14.5. The lowest BCUT2D eigenvalue weighted by Crippen LogP contribution is -2.54. The minimum absolute atomic E-state index is 0.0401. The van der Waals surface area contributed by atoms with Gasteiger partial charge in [-0.2, -0.15) is 25.3 Å². The predicted molar refractivity (Wildman–Crippen MR) is 284 cm³/mol. The summed E-state index contributed by atoms with van der Waals surface area (Å²) in [6, 6.07) is 13.2. The van der Waals surface area contributed by atoms with Crippen molar-refractivity contribution in [2.75, 3.05) is 62.8 Å². The van der Waals surface area contributed by atoms with Gasteiger partial charge in [-0.1, -0.05) is 35.5 Å². The molecule has 1 aliphatic rings. The van der Waals surface area contributed by atoms with E-state index < -0.39 is 87.9 Å². The average Bonchev–Trinajstić information content (AvgIpc) is 3.80. The lowest BCUT2D eigenvalue weighted by atomic mass is 9.93. The number of benzene rings is 3. The first-order chi connectivity index (χ1) is 36.1. The molecule has 3 aromatic carbocycles. The molecule has 1 fully saturated rings.